The van der Waals surface area contributed by atoms with E-state index in [2.05, 4.69) is 27.7 Å². The van der Waals surface area contributed by atoms with Gasteiger partial charge in [0.05, 0.1) is 0 Å². The summed E-state index contributed by atoms with van der Waals surface area (Å²) < 4.78 is 27.8. The van der Waals surface area contributed by atoms with Crippen LogP contribution in [0, 0.1) is 5.92 Å². The van der Waals surface area contributed by atoms with Gasteiger partial charge in [-0.25, -0.2) is 0 Å². The van der Waals surface area contributed by atoms with Crippen molar-refractivity contribution in [2.24, 2.45) is 5.92 Å². The molecule has 0 heterocycles. The molecule has 0 aliphatic carbocycles. The van der Waals surface area contributed by atoms with E-state index >= 15 is 0 Å². The number of rotatable bonds is 27. The molecule has 0 saturated heterocycles. The summed E-state index contributed by atoms with van der Waals surface area (Å²) >= 11 is -3.58. The second kappa shape index (κ2) is 25.1. The van der Waals surface area contributed by atoms with Gasteiger partial charge in [0.2, 0.25) is 0 Å². The fourth-order valence-corrected chi connectivity index (χ4v) is 6.67. The molecule has 0 aromatic carbocycles. The molecule has 0 aliphatic rings. The van der Waals surface area contributed by atoms with E-state index in [-0.39, 0.29) is 5.60 Å². The quantitative estimate of drug-likeness (QED) is 0.0869. The van der Waals surface area contributed by atoms with Crippen molar-refractivity contribution < 1.29 is 28.9 Å². The van der Waals surface area contributed by atoms with Gasteiger partial charge in [-0.3, -0.25) is 0 Å². The van der Waals surface area contributed by atoms with Crippen LogP contribution in [-0.2, 0) is 25.3 Å². The molecule has 0 saturated carbocycles. The van der Waals surface area contributed by atoms with E-state index in [9.17, 15) is 7.01 Å². The Kier molecular flexibility index (Phi) is 25.4. The standard InChI is InChI=1S/C30H61O.H2O.O.Ti/c1-5-9-13-14-15-16-17-18-19-20-21-22-23-24-26-29(25-10-6-2)30(31,27-11-7-3)28-12-8-4;;;/h29H,5-28H2,1-4H3;1H2;;/q-1;;;+2/p-1. The van der Waals surface area contributed by atoms with E-state index in [1.807, 2.05) is 0 Å². The Hall–Kier alpha value is 0.434. The number of hydrogen-bond acceptors (Lipinski definition) is 2. The molecule has 0 aliphatic heterocycles. The fraction of sp³-hybridized carbons (Fsp3) is 1.00. The number of unbranched alkanes of at least 4 members (excludes halogenated alkanes) is 16. The van der Waals surface area contributed by atoms with Crippen LogP contribution in [-0.4, -0.2) is 9.29 Å². The third kappa shape index (κ3) is 18.7. The molecule has 0 aromatic heterocycles. The molecule has 1 unspecified atom stereocenters. The van der Waals surface area contributed by atoms with Gasteiger partial charge in [0.15, 0.2) is 0 Å². The molecular formula is C30H62O3Ti. The van der Waals surface area contributed by atoms with Gasteiger partial charge in [0.1, 0.15) is 0 Å². The predicted octanol–water partition coefficient (Wildman–Crippen LogP) is 10.6. The molecule has 1 atom stereocenters. The zero-order valence-corrected chi connectivity index (χ0v) is 25.4. The van der Waals surface area contributed by atoms with Crippen LogP contribution >= 0.6 is 0 Å². The van der Waals surface area contributed by atoms with Crippen LogP contribution in [0.15, 0.2) is 0 Å². The van der Waals surface area contributed by atoms with Gasteiger partial charge in [-0.1, -0.05) is 45.4 Å². The topological polar surface area (TPSA) is 46.5 Å². The van der Waals surface area contributed by atoms with E-state index in [1.165, 1.54) is 103 Å². The molecule has 204 valence electrons. The van der Waals surface area contributed by atoms with Crippen molar-refractivity contribution in [1.29, 1.82) is 0 Å². The summed E-state index contributed by atoms with van der Waals surface area (Å²) in [4.78, 5) is 0. The van der Waals surface area contributed by atoms with E-state index in [0.29, 0.717) is 5.92 Å². The molecule has 0 rings (SSSR count). The summed E-state index contributed by atoms with van der Waals surface area (Å²) in [6.07, 6.45) is 30.4. The first-order valence-corrected chi connectivity index (χ1v) is 17.5. The van der Waals surface area contributed by atoms with Crippen molar-refractivity contribution in [3.8, 4) is 0 Å². The summed E-state index contributed by atoms with van der Waals surface area (Å²) in [6.45, 7) is 8.97. The van der Waals surface area contributed by atoms with Crippen LogP contribution in [0.5, 0.6) is 0 Å². The first-order valence-electron chi connectivity index (χ1n) is 15.5. The SMILES string of the molecule is CCCCCCCCCCCCCCCCC(CCCC)C(CCCC)(CCCC)[O][Ti](=[O])[OH]. The van der Waals surface area contributed by atoms with Crippen LogP contribution in [0.25, 0.3) is 0 Å². The normalized spacial score (nSPS) is 12.9. The van der Waals surface area contributed by atoms with E-state index < -0.39 is 18.6 Å². The van der Waals surface area contributed by atoms with Gasteiger partial charge in [-0.15, -0.1) is 0 Å². The van der Waals surface area contributed by atoms with Crippen LogP contribution < -0.4 is 0 Å². The molecule has 1 N–H and O–H groups in total. The third-order valence-electron chi connectivity index (χ3n) is 7.75. The average Bonchev–Trinajstić information content (AvgIpc) is 2.82. The summed E-state index contributed by atoms with van der Waals surface area (Å²) in [5, 5.41) is 0. The molecule has 34 heavy (non-hydrogen) atoms. The van der Waals surface area contributed by atoms with Crippen LogP contribution in [0.2, 0.25) is 0 Å². The molecule has 0 amide bonds. The molecule has 0 fully saturated rings. The second-order valence-electron chi connectivity index (χ2n) is 10.9. The minimum absolute atomic E-state index is 0.358. The van der Waals surface area contributed by atoms with Gasteiger partial charge in [0, 0.05) is 0 Å². The van der Waals surface area contributed by atoms with Gasteiger partial charge < -0.3 is 0 Å². The van der Waals surface area contributed by atoms with Gasteiger partial charge in [0.25, 0.3) is 0 Å². The molecule has 0 spiro atoms. The second-order valence-corrected chi connectivity index (χ2v) is 12.0. The van der Waals surface area contributed by atoms with Crippen molar-refractivity contribution >= 4 is 0 Å². The molecule has 0 radical (unpaired) electrons. The van der Waals surface area contributed by atoms with Crippen molar-refractivity contribution in [3.05, 3.63) is 0 Å². The summed E-state index contributed by atoms with van der Waals surface area (Å²) in [7, 11) is 0. The molecule has 4 heteroatoms. The van der Waals surface area contributed by atoms with Crippen LogP contribution in [0.3, 0.4) is 0 Å². The van der Waals surface area contributed by atoms with Crippen molar-refractivity contribution in [2.75, 3.05) is 0 Å². The van der Waals surface area contributed by atoms with E-state index in [0.717, 1.165) is 51.4 Å². The summed E-state index contributed by atoms with van der Waals surface area (Å²) in [5.41, 5.74) is -0.358. The van der Waals surface area contributed by atoms with Crippen LogP contribution in [0.1, 0.15) is 182 Å². The Labute approximate surface area is 221 Å². The Morgan fingerprint density at radius 3 is 1.29 bits per heavy atom. The van der Waals surface area contributed by atoms with Crippen molar-refractivity contribution in [2.45, 2.75) is 187 Å². The average molecular weight is 519 g/mol. The van der Waals surface area contributed by atoms with Crippen LogP contribution in [0.4, 0.5) is 0 Å². The Bertz CT molecular complexity index is 433. The van der Waals surface area contributed by atoms with Gasteiger partial charge in [-0.2, -0.15) is 0 Å². The monoisotopic (exact) mass is 518 g/mol. The Morgan fingerprint density at radius 1 is 0.559 bits per heavy atom. The van der Waals surface area contributed by atoms with Crippen molar-refractivity contribution in [3.63, 3.8) is 0 Å². The first-order chi connectivity index (χ1) is 16.6. The molecule has 0 aromatic rings. The minimum atomic E-state index is -3.58. The summed E-state index contributed by atoms with van der Waals surface area (Å²) in [5.74, 6) is 0.437. The van der Waals surface area contributed by atoms with E-state index in [4.69, 9.17) is 3.32 Å². The van der Waals surface area contributed by atoms with Gasteiger partial charge in [-0.05, 0) is 0 Å². The van der Waals surface area contributed by atoms with Crippen molar-refractivity contribution in [1.82, 2.24) is 0 Å². The van der Waals surface area contributed by atoms with E-state index in [1.54, 1.807) is 0 Å². The molecule has 0 bridgehead atoms. The zero-order chi connectivity index (χ0) is 25.3. The molecule has 3 nitrogen and oxygen atoms in total. The number of hydrogen-bond donors (Lipinski definition) is 1. The fourth-order valence-electron chi connectivity index (χ4n) is 5.55. The summed E-state index contributed by atoms with van der Waals surface area (Å²) in [6, 6.07) is 0. The zero-order valence-electron chi connectivity index (χ0n) is 23.8. The Balaban J connectivity index is 4.38. The third-order valence-corrected chi connectivity index (χ3v) is 8.66. The maximum absolute atomic E-state index is 11.9. The van der Waals surface area contributed by atoms with Gasteiger partial charge >= 0.3 is 177 Å². The first kappa shape index (κ1) is 34.4. The predicted molar refractivity (Wildman–Crippen MR) is 144 cm³/mol. The molecular weight excluding hydrogens is 456 g/mol. The Morgan fingerprint density at radius 2 is 0.912 bits per heavy atom. The maximum atomic E-state index is 11.9.